The molecule has 1 aromatic carbocycles. The number of ether oxygens (including phenoxy) is 2. The van der Waals surface area contributed by atoms with Crippen LogP contribution >= 0.6 is 23.2 Å². The van der Waals surface area contributed by atoms with Gasteiger partial charge in [0.25, 0.3) is 11.8 Å². The van der Waals surface area contributed by atoms with E-state index in [0.717, 1.165) is 4.90 Å². The van der Waals surface area contributed by atoms with Crippen LogP contribution in [0, 0.1) is 11.3 Å². The largest absolute Gasteiger partial charge is 0.478 e. The van der Waals surface area contributed by atoms with E-state index in [2.05, 4.69) is 11.9 Å². The average Bonchev–Trinajstić information content (AvgIpc) is 2.74. The van der Waals surface area contributed by atoms with Gasteiger partial charge in [-0.3, -0.25) is 9.59 Å². The van der Waals surface area contributed by atoms with E-state index in [0.29, 0.717) is 11.3 Å². The predicted octanol–water partition coefficient (Wildman–Crippen LogP) is 1.94. The fraction of sp³-hybridized carbons (Fsp3) is 0.400. The van der Waals surface area contributed by atoms with E-state index in [4.69, 9.17) is 37.9 Å². The van der Waals surface area contributed by atoms with Gasteiger partial charge in [-0.15, -0.1) is 11.6 Å². The van der Waals surface area contributed by atoms with Crippen molar-refractivity contribution in [3.05, 3.63) is 42.0 Å². The van der Waals surface area contributed by atoms with Gasteiger partial charge in [0.1, 0.15) is 17.3 Å². The van der Waals surface area contributed by atoms with Crippen molar-refractivity contribution in [3.8, 4) is 11.8 Å². The molecule has 10 heteroatoms. The van der Waals surface area contributed by atoms with Crippen LogP contribution < -0.4 is 10.1 Å². The number of benzene rings is 1. The second-order valence-electron chi connectivity index (χ2n) is 7.04. The summed E-state index contributed by atoms with van der Waals surface area (Å²) in [5, 5.41) is 11.4. The molecule has 0 radical (unpaired) electrons. The van der Waals surface area contributed by atoms with Gasteiger partial charge in [-0.05, 0) is 43.7 Å². The first-order valence-corrected chi connectivity index (χ1v) is 9.82. The zero-order chi connectivity index (χ0) is 22.6. The fourth-order valence-electron chi connectivity index (χ4n) is 2.79. The second kappa shape index (κ2) is 9.37. The van der Waals surface area contributed by atoms with Gasteiger partial charge in [0, 0.05) is 5.88 Å². The quantitative estimate of drug-likeness (QED) is 0.212. The van der Waals surface area contributed by atoms with Crippen LogP contribution in [-0.4, -0.2) is 58.9 Å². The highest BCUT2D eigenvalue weighted by molar-refractivity contribution is 6.27. The number of esters is 1. The van der Waals surface area contributed by atoms with Gasteiger partial charge in [-0.25, -0.2) is 4.79 Å². The third kappa shape index (κ3) is 4.69. The summed E-state index contributed by atoms with van der Waals surface area (Å²) < 4.78 is 10.4. The van der Waals surface area contributed by atoms with Crippen molar-refractivity contribution in [2.24, 2.45) is 0 Å². The zero-order valence-corrected chi connectivity index (χ0v) is 18.2. The van der Waals surface area contributed by atoms with Crippen molar-refractivity contribution in [2.45, 2.75) is 37.0 Å². The minimum absolute atomic E-state index is 0.0738. The monoisotopic (exact) mass is 453 g/mol. The van der Waals surface area contributed by atoms with Crippen LogP contribution in [-0.2, 0) is 19.1 Å². The summed E-state index contributed by atoms with van der Waals surface area (Å²) in [5.41, 5.74) is -1.64. The Kier molecular flexibility index (Phi) is 7.34. The lowest BCUT2D eigenvalue weighted by Crippen LogP contribution is -2.73. The standard InChI is InChI=1S/C20H21Cl2N3O5/c1-11(9-21)15(18(27)29-4)25-16(22)14(17(25)26)24-19(28)20(2,3)30-13-7-5-12(10-23)6-8-13/h5-8,14-16H,1,9H2,2-4H3,(H,24,28). The molecule has 1 saturated heterocycles. The van der Waals surface area contributed by atoms with Gasteiger partial charge in [-0.2, -0.15) is 5.26 Å². The molecule has 0 spiro atoms. The van der Waals surface area contributed by atoms with Crippen molar-refractivity contribution >= 4 is 41.0 Å². The lowest BCUT2D eigenvalue weighted by atomic mass is 9.98. The fourth-order valence-corrected chi connectivity index (χ4v) is 3.32. The Morgan fingerprint density at radius 3 is 2.43 bits per heavy atom. The Balaban J connectivity index is 2.07. The maximum absolute atomic E-state index is 12.7. The van der Waals surface area contributed by atoms with Crippen molar-refractivity contribution in [3.63, 3.8) is 0 Å². The Hall–Kier alpha value is -2.76. The van der Waals surface area contributed by atoms with Crippen molar-refractivity contribution in [1.82, 2.24) is 10.2 Å². The molecule has 2 rings (SSSR count). The Morgan fingerprint density at radius 2 is 1.97 bits per heavy atom. The third-order valence-corrected chi connectivity index (χ3v) is 5.32. The molecule has 0 aromatic heterocycles. The van der Waals surface area contributed by atoms with E-state index >= 15 is 0 Å². The van der Waals surface area contributed by atoms with E-state index in [1.807, 2.05) is 6.07 Å². The molecule has 1 aliphatic heterocycles. The number of likely N-dealkylation sites (tertiary alicyclic amines) is 1. The lowest BCUT2D eigenvalue weighted by Gasteiger charge is -2.47. The summed E-state index contributed by atoms with van der Waals surface area (Å²) in [6.45, 7) is 6.74. The highest BCUT2D eigenvalue weighted by atomic mass is 35.5. The number of nitrogens with zero attached hydrogens (tertiary/aromatic N) is 2. The normalized spacial score (nSPS) is 19.2. The van der Waals surface area contributed by atoms with Crippen LogP contribution in [0.5, 0.6) is 5.75 Å². The molecule has 1 aromatic rings. The maximum atomic E-state index is 12.7. The summed E-state index contributed by atoms with van der Waals surface area (Å²) in [5.74, 6) is -1.58. The number of rotatable bonds is 8. The maximum Gasteiger partial charge on any atom is 0.333 e. The highest BCUT2D eigenvalue weighted by Crippen LogP contribution is 2.31. The van der Waals surface area contributed by atoms with Gasteiger partial charge in [0.2, 0.25) is 0 Å². The molecule has 0 bridgehead atoms. The Morgan fingerprint density at radius 1 is 1.37 bits per heavy atom. The molecular formula is C20H21Cl2N3O5. The van der Waals surface area contributed by atoms with Crippen LogP contribution in [0.3, 0.4) is 0 Å². The van der Waals surface area contributed by atoms with Crippen LogP contribution in [0.2, 0.25) is 0 Å². The molecule has 160 valence electrons. The van der Waals surface area contributed by atoms with Gasteiger partial charge in [-0.1, -0.05) is 18.2 Å². The number of methoxy groups -OCH3 is 1. The van der Waals surface area contributed by atoms with E-state index in [1.165, 1.54) is 21.0 Å². The summed E-state index contributed by atoms with van der Waals surface area (Å²) in [4.78, 5) is 38.4. The van der Waals surface area contributed by atoms with Crippen LogP contribution in [0.4, 0.5) is 0 Å². The number of nitriles is 1. The van der Waals surface area contributed by atoms with Crippen LogP contribution in [0.15, 0.2) is 36.4 Å². The molecule has 3 unspecified atom stereocenters. The topological polar surface area (TPSA) is 109 Å². The van der Waals surface area contributed by atoms with E-state index < -0.39 is 41.0 Å². The zero-order valence-electron chi connectivity index (χ0n) is 16.6. The third-order valence-electron chi connectivity index (χ3n) is 4.51. The van der Waals surface area contributed by atoms with E-state index in [-0.39, 0.29) is 11.5 Å². The van der Waals surface area contributed by atoms with Gasteiger partial charge in [0.15, 0.2) is 11.6 Å². The molecule has 2 amide bonds. The first-order chi connectivity index (χ1) is 14.1. The molecule has 3 atom stereocenters. The van der Waals surface area contributed by atoms with Crippen molar-refractivity contribution in [2.75, 3.05) is 13.0 Å². The number of amides is 2. The van der Waals surface area contributed by atoms with Gasteiger partial charge < -0.3 is 19.7 Å². The van der Waals surface area contributed by atoms with E-state index in [9.17, 15) is 14.4 Å². The first-order valence-electron chi connectivity index (χ1n) is 8.85. The molecule has 8 nitrogen and oxygen atoms in total. The van der Waals surface area contributed by atoms with Crippen LogP contribution in [0.1, 0.15) is 19.4 Å². The minimum Gasteiger partial charge on any atom is -0.478 e. The Labute approximate surface area is 184 Å². The SMILES string of the molecule is C=C(CCl)C(C(=O)OC)N1C(=O)C(NC(=O)C(C)(C)Oc2ccc(C#N)cc2)C1Cl. The average molecular weight is 454 g/mol. The molecule has 30 heavy (non-hydrogen) atoms. The second-order valence-corrected chi connectivity index (χ2v) is 7.75. The molecule has 1 fully saturated rings. The number of carbonyl (C=O) groups excluding carboxylic acids is 3. The number of nitrogens with one attached hydrogen (secondary N) is 1. The van der Waals surface area contributed by atoms with Gasteiger partial charge >= 0.3 is 5.97 Å². The summed E-state index contributed by atoms with van der Waals surface area (Å²) in [6.07, 6.45) is 0. The number of β-lactam (4-membered cyclic amide) rings is 1. The number of hydrogen-bond acceptors (Lipinski definition) is 6. The molecule has 1 aliphatic rings. The number of hydrogen-bond donors (Lipinski definition) is 1. The minimum atomic E-state index is -1.34. The van der Waals surface area contributed by atoms with Gasteiger partial charge in [0.05, 0.1) is 18.7 Å². The molecule has 1 N–H and O–H groups in total. The summed E-state index contributed by atoms with van der Waals surface area (Å²) in [7, 11) is 1.17. The predicted molar refractivity (Wildman–Crippen MR) is 110 cm³/mol. The lowest BCUT2D eigenvalue weighted by molar-refractivity contribution is -0.162. The molecule has 1 heterocycles. The number of alkyl halides is 2. The summed E-state index contributed by atoms with van der Waals surface area (Å²) >= 11 is 12.0. The van der Waals surface area contributed by atoms with Crippen LogP contribution in [0.25, 0.3) is 0 Å². The van der Waals surface area contributed by atoms with E-state index in [1.54, 1.807) is 24.3 Å². The number of carbonyl (C=O) groups is 3. The number of halogens is 2. The highest BCUT2D eigenvalue weighted by Gasteiger charge is 2.54. The first kappa shape index (κ1) is 23.5. The molecule has 0 aliphatic carbocycles. The Bertz CT molecular complexity index is 879. The smallest absolute Gasteiger partial charge is 0.333 e. The molecule has 0 saturated carbocycles. The summed E-state index contributed by atoms with van der Waals surface area (Å²) in [6, 6.07) is 6.03. The van der Waals surface area contributed by atoms with Crippen molar-refractivity contribution in [1.29, 1.82) is 5.26 Å². The molecular weight excluding hydrogens is 433 g/mol. The van der Waals surface area contributed by atoms with Crippen molar-refractivity contribution < 1.29 is 23.9 Å².